The molecule has 3 heteroatoms. The standard InChI is InChI=1S/C12H17NOS/c1-3-4-7-12(14)13-10(2)9-11-6-5-8-15-11/h3,5-6,8,10H,1,4,7,9H2,2H3,(H,13,14)/t10-/m1/s1. The minimum atomic E-state index is 0.110. The number of rotatable bonds is 6. The molecule has 1 rings (SSSR count). The Hall–Kier alpha value is -1.09. The van der Waals surface area contributed by atoms with Gasteiger partial charge in [0.1, 0.15) is 0 Å². The molecule has 0 unspecified atom stereocenters. The quantitative estimate of drug-likeness (QED) is 0.738. The third-order valence-electron chi connectivity index (χ3n) is 2.07. The monoisotopic (exact) mass is 223 g/mol. The van der Waals surface area contributed by atoms with Gasteiger partial charge in [0, 0.05) is 23.8 Å². The van der Waals surface area contributed by atoms with E-state index in [1.165, 1.54) is 4.88 Å². The van der Waals surface area contributed by atoms with Crippen LogP contribution in [0.2, 0.25) is 0 Å². The van der Waals surface area contributed by atoms with E-state index in [9.17, 15) is 4.79 Å². The van der Waals surface area contributed by atoms with Gasteiger partial charge < -0.3 is 5.32 Å². The summed E-state index contributed by atoms with van der Waals surface area (Å²) in [6, 6.07) is 4.34. The highest BCUT2D eigenvalue weighted by molar-refractivity contribution is 7.09. The minimum Gasteiger partial charge on any atom is -0.353 e. The molecule has 0 spiro atoms. The number of hydrogen-bond donors (Lipinski definition) is 1. The first-order chi connectivity index (χ1) is 7.22. The van der Waals surface area contributed by atoms with Crippen molar-refractivity contribution in [2.75, 3.05) is 0 Å². The third kappa shape index (κ3) is 4.79. The lowest BCUT2D eigenvalue weighted by Gasteiger charge is -2.12. The van der Waals surface area contributed by atoms with Crippen molar-refractivity contribution < 1.29 is 4.79 Å². The molecule has 1 amide bonds. The van der Waals surface area contributed by atoms with E-state index in [2.05, 4.69) is 23.3 Å². The molecular weight excluding hydrogens is 206 g/mol. The normalized spacial score (nSPS) is 12.1. The van der Waals surface area contributed by atoms with Gasteiger partial charge in [-0.05, 0) is 24.8 Å². The summed E-state index contributed by atoms with van der Waals surface area (Å²) < 4.78 is 0. The van der Waals surface area contributed by atoms with Crippen molar-refractivity contribution >= 4 is 17.2 Å². The molecule has 0 aliphatic rings. The first kappa shape index (κ1) is 12.0. The van der Waals surface area contributed by atoms with Crippen LogP contribution in [0.5, 0.6) is 0 Å². The molecule has 2 nitrogen and oxygen atoms in total. The van der Waals surface area contributed by atoms with Crippen molar-refractivity contribution in [2.24, 2.45) is 0 Å². The van der Waals surface area contributed by atoms with Crippen molar-refractivity contribution in [3.8, 4) is 0 Å². The number of amides is 1. The maximum Gasteiger partial charge on any atom is 0.220 e. The Kier molecular flexibility index (Phi) is 5.12. The summed E-state index contributed by atoms with van der Waals surface area (Å²) in [6.07, 6.45) is 3.97. The topological polar surface area (TPSA) is 29.1 Å². The molecule has 15 heavy (non-hydrogen) atoms. The zero-order chi connectivity index (χ0) is 11.1. The molecule has 1 aromatic rings. The summed E-state index contributed by atoms with van der Waals surface area (Å²) in [5, 5.41) is 5.03. The Bertz CT molecular complexity index is 305. The second kappa shape index (κ2) is 6.40. The molecule has 1 aromatic heterocycles. The molecule has 0 saturated heterocycles. The fourth-order valence-electron chi connectivity index (χ4n) is 1.36. The summed E-state index contributed by atoms with van der Waals surface area (Å²) in [4.78, 5) is 12.7. The Morgan fingerprint density at radius 3 is 3.13 bits per heavy atom. The predicted molar refractivity (Wildman–Crippen MR) is 65.1 cm³/mol. The number of nitrogens with one attached hydrogen (secondary N) is 1. The zero-order valence-electron chi connectivity index (χ0n) is 9.03. The van der Waals surface area contributed by atoms with E-state index in [0.717, 1.165) is 12.8 Å². The number of allylic oxidation sites excluding steroid dienone is 1. The highest BCUT2D eigenvalue weighted by Crippen LogP contribution is 2.10. The van der Waals surface area contributed by atoms with Gasteiger partial charge in [-0.15, -0.1) is 17.9 Å². The van der Waals surface area contributed by atoms with E-state index in [1.807, 2.05) is 13.0 Å². The number of carbonyl (C=O) groups excluding carboxylic acids is 1. The second-order valence-electron chi connectivity index (χ2n) is 3.58. The van der Waals surface area contributed by atoms with Gasteiger partial charge in [-0.1, -0.05) is 12.1 Å². The molecule has 0 fully saturated rings. The van der Waals surface area contributed by atoms with Crippen molar-refractivity contribution in [1.29, 1.82) is 0 Å². The van der Waals surface area contributed by atoms with Gasteiger partial charge >= 0.3 is 0 Å². The Labute approximate surface area is 95.0 Å². The number of hydrogen-bond acceptors (Lipinski definition) is 2. The Morgan fingerprint density at radius 1 is 1.73 bits per heavy atom. The molecule has 0 saturated carbocycles. The van der Waals surface area contributed by atoms with E-state index >= 15 is 0 Å². The largest absolute Gasteiger partial charge is 0.353 e. The molecule has 1 N–H and O–H groups in total. The van der Waals surface area contributed by atoms with Gasteiger partial charge in [-0.2, -0.15) is 0 Å². The molecule has 0 aromatic carbocycles. The highest BCUT2D eigenvalue weighted by Gasteiger charge is 2.07. The summed E-state index contributed by atoms with van der Waals surface area (Å²) >= 11 is 1.73. The van der Waals surface area contributed by atoms with Gasteiger partial charge in [0.25, 0.3) is 0 Å². The Balaban J connectivity index is 2.26. The van der Waals surface area contributed by atoms with Crippen LogP contribution in [-0.4, -0.2) is 11.9 Å². The lowest BCUT2D eigenvalue weighted by atomic mass is 10.2. The highest BCUT2D eigenvalue weighted by atomic mass is 32.1. The fraction of sp³-hybridized carbons (Fsp3) is 0.417. The maximum atomic E-state index is 11.4. The van der Waals surface area contributed by atoms with Gasteiger partial charge in [0.15, 0.2) is 0 Å². The van der Waals surface area contributed by atoms with Crippen LogP contribution >= 0.6 is 11.3 Å². The van der Waals surface area contributed by atoms with Gasteiger partial charge in [0.2, 0.25) is 5.91 Å². The number of thiophene rings is 1. The maximum absolute atomic E-state index is 11.4. The first-order valence-electron chi connectivity index (χ1n) is 5.15. The summed E-state index contributed by atoms with van der Waals surface area (Å²) in [7, 11) is 0. The average Bonchev–Trinajstić information content (AvgIpc) is 2.67. The van der Waals surface area contributed by atoms with Gasteiger partial charge in [0.05, 0.1) is 0 Å². The zero-order valence-corrected chi connectivity index (χ0v) is 9.85. The third-order valence-corrected chi connectivity index (χ3v) is 2.97. The van der Waals surface area contributed by atoms with Crippen LogP contribution in [0.3, 0.4) is 0 Å². The molecule has 82 valence electrons. The van der Waals surface area contributed by atoms with Crippen LogP contribution in [-0.2, 0) is 11.2 Å². The molecule has 1 atom stereocenters. The molecule has 0 aliphatic heterocycles. The van der Waals surface area contributed by atoms with Crippen LogP contribution in [0.1, 0.15) is 24.6 Å². The van der Waals surface area contributed by atoms with Crippen molar-refractivity contribution in [3.63, 3.8) is 0 Å². The lowest BCUT2D eigenvalue weighted by molar-refractivity contribution is -0.121. The smallest absolute Gasteiger partial charge is 0.220 e. The van der Waals surface area contributed by atoms with Crippen molar-refractivity contribution in [3.05, 3.63) is 35.0 Å². The van der Waals surface area contributed by atoms with Crippen molar-refractivity contribution in [2.45, 2.75) is 32.2 Å². The van der Waals surface area contributed by atoms with E-state index in [0.29, 0.717) is 6.42 Å². The van der Waals surface area contributed by atoms with E-state index in [4.69, 9.17) is 0 Å². The minimum absolute atomic E-state index is 0.110. The van der Waals surface area contributed by atoms with E-state index in [-0.39, 0.29) is 11.9 Å². The number of carbonyl (C=O) groups is 1. The summed E-state index contributed by atoms with van der Waals surface area (Å²) in [5.74, 6) is 0.110. The van der Waals surface area contributed by atoms with Gasteiger partial charge in [-0.3, -0.25) is 4.79 Å². The van der Waals surface area contributed by atoms with Crippen LogP contribution < -0.4 is 5.32 Å². The van der Waals surface area contributed by atoms with Crippen LogP contribution in [0.4, 0.5) is 0 Å². The van der Waals surface area contributed by atoms with E-state index < -0.39 is 0 Å². The lowest BCUT2D eigenvalue weighted by Crippen LogP contribution is -2.33. The van der Waals surface area contributed by atoms with Gasteiger partial charge in [-0.25, -0.2) is 0 Å². The molecule has 0 aliphatic carbocycles. The summed E-state index contributed by atoms with van der Waals surface area (Å²) in [5.41, 5.74) is 0. The van der Waals surface area contributed by atoms with Crippen molar-refractivity contribution in [1.82, 2.24) is 5.32 Å². The fourth-order valence-corrected chi connectivity index (χ4v) is 2.20. The SMILES string of the molecule is C=CCCC(=O)N[C@H](C)Cc1cccs1. The summed E-state index contributed by atoms with van der Waals surface area (Å²) in [6.45, 7) is 5.63. The van der Waals surface area contributed by atoms with Crippen LogP contribution in [0.15, 0.2) is 30.2 Å². The van der Waals surface area contributed by atoms with Crippen LogP contribution in [0, 0.1) is 0 Å². The molecular formula is C12H17NOS. The van der Waals surface area contributed by atoms with E-state index in [1.54, 1.807) is 17.4 Å². The second-order valence-corrected chi connectivity index (χ2v) is 4.61. The Morgan fingerprint density at radius 2 is 2.53 bits per heavy atom. The molecule has 1 heterocycles. The first-order valence-corrected chi connectivity index (χ1v) is 6.03. The predicted octanol–water partition coefficient (Wildman–Crippen LogP) is 2.76. The average molecular weight is 223 g/mol. The van der Waals surface area contributed by atoms with Crippen LogP contribution in [0.25, 0.3) is 0 Å². The molecule has 0 radical (unpaired) electrons. The molecule has 0 bridgehead atoms.